The second-order valence-corrected chi connectivity index (χ2v) is 4.57. The molecule has 0 saturated heterocycles. The molecule has 0 aliphatic heterocycles. The molecule has 84 valence electrons. The van der Waals surface area contributed by atoms with Gasteiger partial charge in [0.2, 0.25) is 5.91 Å². The minimum atomic E-state index is 0.113. The molecule has 1 aromatic rings. The first-order valence-corrected chi connectivity index (χ1v) is 6.14. The number of hydrogen-bond acceptors (Lipinski definition) is 3. The molecule has 0 fully saturated rings. The highest BCUT2D eigenvalue weighted by Crippen LogP contribution is 2.06. The van der Waals surface area contributed by atoms with Crippen LogP contribution in [0, 0.1) is 5.92 Å². The molecule has 1 atom stereocenters. The molecule has 0 saturated carbocycles. The van der Waals surface area contributed by atoms with Crippen molar-refractivity contribution in [2.24, 2.45) is 11.7 Å². The number of carbonyl (C=O) groups excluding carboxylic acids is 1. The average Bonchev–Trinajstić information content (AvgIpc) is 2.75. The Morgan fingerprint density at radius 2 is 2.47 bits per heavy atom. The van der Waals surface area contributed by atoms with Crippen LogP contribution < -0.4 is 11.1 Å². The fraction of sp³-hybridized carbons (Fsp3) is 0.545. The van der Waals surface area contributed by atoms with Gasteiger partial charge >= 0.3 is 0 Å². The third-order valence-electron chi connectivity index (χ3n) is 2.34. The zero-order valence-corrected chi connectivity index (χ0v) is 9.85. The third-order valence-corrected chi connectivity index (χ3v) is 3.07. The van der Waals surface area contributed by atoms with E-state index in [1.807, 2.05) is 16.8 Å². The normalized spacial score (nSPS) is 12.4. The van der Waals surface area contributed by atoms with Gasteiger partial charge in [0.05, 0.1) is 0 Å². The van der Waals surface area contributed by atoms with Gasteiger partial charge in [-0.25, -0.2) is 0 Å². The molecule has 1 heterocycles. The highest BCUT2D eigenvalue weighted by Gasteiger charge is 2.05. The van der Waals surface area contributed by atoms with Gasteiger partial charge in [-0.2, -0.15) is 11.3 Å². The lowest BCUT2D eigenvalue weighted by Gasteiger charge is -2.07. The molecule has 0 radical (unpaired) electrons. The van der Waals surface area contributed by atoms with Gasteiger partial charge in [0.15, 0.2) is 0 Å². The van der Waals surface area contributed by atoms with Crippen molar-refractivity contribution < 1.29 is 4.79 Å². The van der Waals surface area contributed by atoms with Crippen LogP contribution in [0.15, 0.2) is 16.8 Å². The maximum atomic E-state index is 11.4. The van der Waals surface area contributed by atoms with Crippen LogP contribution in [0.2, 0.25) is 0 Å². The van der Waals surface area contributed by atoms with Crippen molar-refractivity contribution in [1.29, 1.82) is 0 Å². The monoisotopic (exact) mass is 226 g/mol. The first-order valence-electron chi connectivity index (χ1n) is 5.20. The average molecular weight is 226 g/mol. The summed E-state index contributed by atoms with van der Waals surface area (Å²) in [6.45, 7) is 3.35. The van der Waals surface area contributed by atoms with Crippen LogP contribution in [-0.2, 0) is 11.3 Å². The van der Waals surface area contributed by atoms with Crippen molar-refractivity contribution in [2.75, 3.05) is 6.54 Å². The van der Waals surface area contributed by atoms with Crippen molar-refractivity contribution in [1.82, 2.24) is 5.32 Å². The van der Waals surface area contributed by atoms with Crippen molar-refractivity contribution in [3.05, 3.63) is 22.4 Å². The second kappa shape index (κ2) is 6.58. The van der Waals surface area contributed by atoms with Crippen LogP contribution in [0.4, 0.5) is 0 Å². The molecule has 3 N–H and O–H groups in total. The lowest BCUT2D eigenvalue weighted by Crippen LogP contribution is -2.23. The Labute approximate surface area is 94.7 Å². The fourth-order valence-electron chi connectivity index (χ4n) is 1.18. The van der Waals surface area contributed by atoms with Gasteiger partial charge in [0, 0.05) is 13.0 Å². The van der Waals surface area contributed by atoms with E-state index in [4.69, 9.17) is 5.73 Å². The van der Waals surface area contributed by atoms with E-state index in [0.29, 0.717) is 25.4 Å². The summed E-state index contributed by atoms with van der Waals surface area (Å²) in [6, 6.07) is 2.02. The largest absolute Gasteiger partial charge is 0.352 e. The number of rotatable bonds is 6. The summed E-state index contributed by atoms with van der Waals surface area (Å²) in [7, 11) is 0. The molecular weight excluding hydrogens is 208 g/mol. The SMILES string of the molecule is CC(CN)CCC(=O)NCc1ccsc1. The number of hydrogen-bond donors (Lipinski definition) is 2. The van der Waals surface area contributed by atoms with E-state index in [0.717, 1.165) is 6.42 Å². The van der Waals surface area contributed by atoms with Crippen LogP contribution in [0.5, 0.6) is 0 Å². The van der Waals surface area contributed by atoms with Crippen LogP contribution in [-0.4, -0.2) is 12.5 Å². The molecule has 0 aliphatic rings. The molecule has 0 spiro atoms. The molecule has 1 unspecified atom stereocenters. The number of nitrogens with two attached hydrogens (primary N) is 1. The van der Waals surface area contributed by atoms with E-state index in [-0.39, 0.29) is 5.91 Å². The molecule has 15 heavy (non-hydrogen) atoms. The Hall–Kier alpha value is -0.870. The van der Waals surface area contributed by atoms with Gasteiger partial charge < -0.3 is 11.1 Å². The van der Waals surface area contributed by atoms with Gasteiger partial charge in [0.25, 0.3) is 0 Å². The minimum Gasteiger partial charge on any atom is -0.352 e. The third kappa shape index (κ3) is 4.95. The summed E-state index contributed by atoms with van der Waals surface area (Å²) >= 11 is 1.65. The topological polar surface area (TPSA) is 55.1 Å². The Bertz CT molecular complexity index is 285. The van der Waals surface area contributed by atoms with E-state index in [9.17, 15) is 4.79 Å². The van der Waals surface area contributed by atoms with Gasteiger partial charge in [-0.15, -0.1) is 0 Å². The number of thiophene rings is 1. The van der Waals surface area contributed by atoms with Gasteiger partial charge in [-0.05, 0) is 41.3 Å². The quantitative estimate of drug-likeness (QED) is 0.776. The molecule has 0 aromatic carbocycles. The lowest BCUT2D eigenvalue weighted by atomic mass is 10.1. The maximum Gasteiger partial charge on any atom is 0.220 e. The second-order valence-electron chi connectivity index (χ2n) is 3.79. The van der Waals surface area contributed by atoms with Crippen LogP contribution in [0.3, 0.4) is 0 Å². The fourth-order valence-corrected chi connectivity index (χ4v) is 1.85. The maximum absolute atomic E-state index is 11.4. The Kier molecular flexibility index (Phi) is 5.36. The molecule has 4 heteroatoms. The molecule has 0 aliphatic carbocycles. The van der Waals surface area contributed by atoms with Crippen molar-refractivity contribution in [3.8, 4) is 0 Å². The smallest absolute Gasteiger partial charge is 0.220 e. The summed E-state index contributed by atoms with van der Waals surface area (Å²) in [5.41, 5.74) is 6.65. The summed E-state index contributed by atoms with van der Waals surface area (Å²) < 4.78 is 0. The van der Waals surface area contributed by atoms with E-state index >= 15 is 0 Å². The standard InChI is InChI=1S/C11H18N2OS/c1-9(6-12)2-3-11(14)13-7-10-4-5-15-8-10/h4-5,8-9H,2-3,6-7,12H2,1H3,(H,13,14). The van der Waals surface area contributed by atoms with Gasteiger partial charge in [-0.1, -0.05) is 6.92 Å². The first kappa shape index (κ1) is 12.2. The van der Waals surface area contributed by atoms with Gasteiger partial charge in [0.1, 0.15) is 0 Å². The minimum absolute atomic E-state index is 0.113. The Balaban J connectivity index is 2.14. The predicted octanol–water partition coefficient (Wildman–Crippen LogP) is 1.74. The van der Waals surface area contributed by atoms with E-state index < -0.39 is 0 Å². The summed E-state index contributed by atoms with van der Waals surface area (Å²) in [4.78, 5) is 11.4. The number of amides is 1. The molecule has 1 rings (SSSR count). The van der Waals surface area contributed by atoms with E-state index in [1.165, 1.54) is 5.56 Å². The van der Waals surface area contributed by atoms with Crippen LogP contribution in [0.25, 0.3) is 0 Å². The van der Waals surface area contributed by atoms with Crippen LogP contribution in [0.1, 0.15) is 25.3 Å². The van der Waals surface area contributed by atoms with Crippen LogP contribution >= 0.6 is 11.3 Å². The molecule has 1 amide bonds. The number of carbonyl (C=O) groups is 1. The molecule has 1 aromatic heterocycles. The Morgan fingerprint density at radius 1 is 1.67 bits per heavy atom. The molecular formula is C11H18N2OS. The lowest BCUT2D eigenvalue weighted by molar-refractivity contribution is -0.121. The molecule has 0 bridgehead atoms. The summed E-state index contributed by atoms with van der Waals surface area (Å²) in [5.74, 6) is 0.540. The Morgan fingerprint density at radius 3 is 3.07 bits per heavy atom. The number of nitrogens with one attached hydrogen (secondary N) is 1. The zero-order valence-electron chi connectivity index (χ0n) is 9.03. The summed E-state index contributed by atoms with van der Waals surface area (Å²) in [5, 5.41) is 6.95. The van der Waals surface area contributed by atoms with Crippen molar-refractivity contribution in [2.45, 2.75) is 26.3 Å². The van der Waals surface area contributed by atoms with E-state index in [2.05, 4.69) is 12.2 Å². The predicted molar refractivity (Wildman–Crippen MR) is 63.6 cm³/mol. The zero-order chi connectivity index (χ0) is 11.1. The van der Waals surface area contributed by atoms with Gasteiger partial charge in [-0.3, -0.25) is 4.79 Å². The first-order chi connectivity index (χ1) is 7.22. The molecule has 3 nitrogen and oxygen atoms in total. The highest BCUT2D eigenvalue weighted by atomic mass is 32.1. The van der Waals surface area contributed by atoms with E-state index in [1.54, 1.807) is 11.3 Å². The summed E-state index contributed by atoms with van der Waals surface area (Å²) in [6.07, 6.45) is 1.44. The van der Waals surface area contributed by atoms with Crippen molar-refractivity contribution >= 4 is 17.2 Å². The van der Waals surface area contributed by atoms with Crippen molar-refractivity contribution in [3.63, 3.8) is 0 Å². The highest BCUT2D eigenvalue weighted by molar-refractivity contribution is 7.07.